The summed E-state index contributed by atoms with van der Waals surface area (Å²) in [5.41, 5.74) is 4.61. The molecule has 3 rings (SSSR count). The van der Waals surface area contributed by atoms with Crippen molar-refractivity contribution in [3.63, 3.8) is 0 Å². The number of aryl methyl sites for hydroxylation is 1. The lowest BCUT2D eigenvalue weighted by Gasteiger charge is -2.45. The molecule has 0 radical (unpaired) electrons. The van der Waals surface area contributed by atoms with E-state index in [1.54, 1.807) is 32.4 Å². The molecule has 148 valence electrons. The van der Waals surface area contributed by atoms with Gasteiger partial charge in [0.05, 0.1) is 17.7 Å². The Morgan fingerprint density at radius 3 is 2.68 bits per heavy atom. The number of nitro groups is 1. The van der Waals surface area contributed by atoms with Gasteiger partial charge in [-0.05, 0) is 50.8 Å². The lowest BCUT2D eigenvalue weighted by molar-refractivity contribution is -0.385. The first-order chi connectivity index (χ1) is 13.1. The summed E-state index contributed by atoms with van der Waals surface area (Å²) in [6.45, 7) is 8.46. The molecule has 1 atom stereocenters. The Labute approximate surface area is 166 Å². The van der Waals surface area contributed by atoms with Crippen molar-refractivity contribution in [2.24, 2.45) is 4.99 Å². The average molecular weight is 381 g/mol. The second kappa shape index (κ2) is 7.26. The Morgan fingerprint density at radius 1 is 1.32 bits per heavy atom. The van der Waals surface area contributed by atoms with Gasteiger partial charge in [0.15, 0.2) is 0 Å². The van der Waals surface area contributed by atoms with Crippen LogP contribution in [0.1, 0.15) is 49.8 Å². The maximum Gasteiger partial charge on any atom is 0.274 e. The van der Waals surface area contributed by atoms with Crippen LogP contribution in [-0.2, 0) is 0 Å². The molecule has 2 aromatic carbocycles. The van der Waals surface area contributed by atoms with E-state index in [0.717, 1.165) is 17.7 Å². The number of anilines is 1. The standard InChI is InChI=1S/C22H27N3O3/c1-14-7-8-17(10-19(14)25(26)27)23-13-16-9-18-15(2)12-22(3,4)24(5)20(18)11-21(16)28-6/h7-11,13,15H,12H2,1-6H3. The molecule has 0 N–H and O–H groups in total. The first kappa shape index (κ1) is 19.9. The molecule has 1 heterocycles. The number of nitro benzene ring substituents is 1. The van der Waals surface area contributed by atoms with Gasteiger partial charge in [-0.2, -0.15) is 0 Å². The zero-order valence-electron chi connectivity index (χ0n) is 17.3. The van der Waals surface area contributed by atoms with Crippen molar-refractivity contribution in [2.75, 3.05) is 19.1 Å². The smallest absolute Gasteiger partial charge is 0.274 e. The van der Waals surface area contributed by atoms with Crippen molar-refractivity contribution in [1.29, 1.82) is 0 Å². The topological polar surface area (TPSA) is 68.0 Å². The number of benzene rings is 2. The fourth-order valence-electron chi connectivity index (χ4n) is 3.91. The Hall–Kier alpha value is -2.89. The van der Waals surface area contributed by atoms with E-state index in [2.05, 4.69) is 49.8 Å². The summed E-state index contributed by atoms with van der Waals surface area (Å²) in [6, 6.07) is 9.18. The maximum atomic E-state index is 11.2. The number of ether oxygens (including phenoxy) is 1. The summed E-state index contributed by atoms with van der Waals surface area (Å²) in [7, 11) is 3.76. The molecular weight excluding hydrogens is 354 g/mol. The van der Waals surface area contributed by atoms with Crippen LogP contribution in [0.4, 0.5) is 17.1 Å². The number of nitrogens with zero attached hydrogens (tertiary/aromatic N) is 3. The molecule has 6 nitrogen and oxygen atoms in total. The van der Waals surface area contributed by atoms with Crippen LogP contribution in [0.3, 0.4) is 0 Å². The van der Waals surface area contributed by atoms with Crippen molar-refractivity contribution in [3.8, 4) is 5.75 Å². The van der Waals surface area contributed by atoms with Gasteiger partial charge in [-0.3, -0.25) is 15.1 Å². The minimum Gasteiger partial charge on any atom is -0.496 e. The zero-order chi connectivity index (χ0) is 20.6. The van der Waals surface area contributed by atoms with Crippen LogP contribution in [0, 0.1) is 17.0 Å². The minimum atomic E-state index is -0.382. The van der Waals surface area contributed by atoms with Gasteiger partial charge in [-0.1, -0.05) is 13.0 Å². The van der Waals surface area contributed by atoms with Crippen molar-refractivity contribution >= 4 is 23.3 Å². The normalized spacial score (nSPS) is 18.2. The number of rotatable bonds is 4. The summed E-state index contributed by atoms with van der Waals surface area (Å²) in [6.07, 6.45) is 2.78. The number of aliphatic imine (C=N–C) groups is 1. The molecule has 0 amide bonds. The summed E-state index contributed by atoms with van der Waals surface area (Å²) >= 11 is 0. The molecule has 0 saturated heterocycles. The van der Waals surface area contributed by atoms with E-state index < -0.39 is 0 Å². The Balaban J connectivity index is 2.02. The van der Waals surface area contributed by atoms with E-state index in [1.165, 1.54) is 17.3 Å². The molecule has 0 aliphatic carbocycles. The average Bonchev–Trinajstić information content (AvgIpc) is 2.64. The largest absolute Gasteiger partial charge is 0.496 e. The van der Waals surface area contributed by atoms with Crippen LogP contribution in [0.15, 0.2) is 35.3 Å². The molecule has 0 saturated carbocycles. The third-order valence-electron chi connectivity index (χ3n) is 5.73. The zero-order valence-corrected chi connectivity index (χ0v) is 17.3. The highest BCUT2D eigenvalue weighted by molar-refractivity contribution is 5.88. The SMILES string of the molecule is COc1cc2c(cc1C=Nc1ccc(C)c([N+](=O)[O-])c1)C(C)CC(C)(C)N2C. The predicted molar refractivity (Wildman–Crippen MR) is 114 cm³/mol. The quantitative estimate of drug-likeness (QED) is 0.405. The fourth-order valence-corrected chi connectivity index (χ4v) is 3.91. The van der Waals surface area contributed by atoms with E-state index in [-0.39, 0.29) is 16.1 Å². The molecule has 2 aromatic rings. The van der Waals surface area contributed by atoms with E-state index >= 15 is 0 Å². The van der Waals surface area contributed by atoms with Crippen LogP contribution in [0.2, 0.25) is 0 Å². The van der Waals surface area contributed by atoms with E-state index in [4.69, 9.17) is 4.74 Å². The molecule has 0 bridgehead atoms. The lowest BCUT2D eigenvalue weighted by Crippen LogP contribution is -2.45. The molecule has 1 aliphatic heterocycles. The van der Waals surface area contributed by atoms with Crippen molar-refractivity contribution in [1.82, 2.24) is 0 Å². The number of hydrogen-bond donors (Lipinski definition) is 0. The van der Waals surface area contributed by atoms with Crippen LogP contribution < -0.4 is 9.64 Å². The van der Waals surface area contributed by atoms with Gasteiger partial charge < -0.3 is 9.64 Å². The van der Waals surface area contributed by atoms with E-state index in [9.17, 15) is 10.1 Å². The van der Waals surface area contributed by atoms with Crippen molar-refractivity contribution in [2.45, 2.75) is 45.6 Å². The second-order valence-corrected chi connectivity index (χ2v) is 8.12. The van der Waals surface area contributed by atoms with Crippen LogP contribution in [0.5, 0.6) is 5.75 Å². The minimum absolute atomic E-state index is 0.0736. The van der Waals surface area contributed by atoms with E-state index in [0.29, 0.717) is 17.2 Å². The first-order valence-electron chi connectivity index (χ1n) is 9.39. The summed E-state index contributed by atoms with van der Waals surface area (Å²) < 4.78 is 5.61. The third kappa shape index (κ3) is 3.59. The Kier molecular flexibility index (Phi) is 5.15. The second-order valence-electron chi connectivity index (χ2n) is 8.12. The van der Waals surface area contributed by atoms with Crippen LogP contribution in [-0.4, -0.2) is 30.8 Å². The highest BCUT2D eigenvalue weighted by Gasteiger charge is 2.34. The highest BCUT2D eigenvalue weighted by atomic mass is 16.6. The first-order valence-corrected chi connectivity index (χ1v) is 9.39. The van der Waals surface area contributed by atoms with Gasteiger partial charge in [0.1, 0.15) is 5.75 Å². The van der Waals surface area contributed by atoms with Gasteiger partial charge in [0.25, 0.3) is 5.69 Å². The molecule has 6 heteroatoms. The third-order valence-corrected chi connectivity index (χ3v) is 5.73. The van der Waals surface area contributed by atoms with Crippen LogP contribution in [0.25, 0.3) is 0 Å². The van der Waals surface area contributed by atoms with Gasteiger partial charge in [0, 0.05) is 47.7 Å². The summed E-state index contributed by atoms with van der Waals surface area (Å²) in [4.78, 5) is 17.5. The Bertz CT molecular complexity index is 950. The van der Waals surface area contributed by atoms with Gasteiger partial charge in [0.2, 0.25) is 0 Å². The fraction of sp³-hybridized carbons (Fsp3) is 0.409. The maximum absolute atomic E-state index is 11.2. The van der Waals surface area contributed by atoms with E-state index in [1.807, 2.05) is 0 Å². The number of fused-ring (bicyclic) bond motifs is 1. The van der Waals surface area contributed by atoms with Crippen molar-refractivity contribution in [3.05, 3.63) is 57.1 Å². The summed E-state index contributed by atoms with van der Waals surface area (Å²) in [5, 5.41) is 11.2. The molecule has 1 unspecified atom stereocenters. The predicted octanol–water partition coefficient (Wildman–Crippen LogP) is 5.38. The van der Waals surface area contributed by atoms with Crippen LogP contribution >= 0.6 is 0 Å². The molecule has 1 aliphatic rings. The molecule has 0 aromatic heterocycles. The summed E-state index contributed by atoms with van der Waals surface area (Å²) in [5.74, 6) is 1.15. The lowest BCUT2D eigenvalue weighted by atomic mass is 9.80. The van der Waals surface area contributed by atoms with Crippen molar-refractivity contribution < 1.29 is 9.66 Å². The van der Waals surface area contributed by atoms with Gasteiger partial charge in [-0.25, -0.2) is 0 Å². The molecule has 0 spiro atoms. The Morgan fingerprint density at radius 2 is 2.04 bits per heavy atom. The molecule has 28 heavy (non-hydrogen) atoms. The number of methoxy groups -OCH3 is 1. The highest BCUT2D eigenvalue weighted by Crippen LogP contribution is 2.44. The molecule has 0 fully saturated rings. The number of hydrogen-bond acceptors (Lipinski definition) is 5. The molecular formula is C22H27N3O3. The van der Waals surface area contributed by atoms with Gasteiger partial charge >= 0.3 is 0 Å². The monoisotopic (exact) mass is 381 g/mol. The van der Waals surface area contributed by atoms with Gasteiger partial charge in [-0.15, -0.1) is 0 Å².